The summed E-state index contributed by atoms with van der Waals surface area (Å²) in [5.41, 5.74) is -0.507. The summed E-state index contributed by atoms with van der Waals surface area (Å²) in [6, 6.07) is 3.45. The van der Waals surface area contributed by atoms with Crippen LogP contribution in [-0.4, -0.2) is 49.3 Å². The van der Waals surface area contributed by atoms with Crippen molar-refractivity contribution in [2.45, 2.75) is 25.1 Å². The van der Waals surface area contributed by atoms with Gasteiger partial charge in [-0.2, -0.15) is 13.2 Å². The molecule has 1 aromatic rings. The monoisotopic (exact) mass is 362 g/mol. The Hall–Kier alpha value is -2.29. The van der Waals surface area contributed by atoms with E-state index in [1.807, 2.05) is 0 Å². The Morgan fingerprint density at radius 3 is 2.60 bits per heavy atom. The second-order valence-corrected chi connectivity index (χ2v) is 5.47. The van der Waals surface area contributed by atoms with Crippen LogP contribution in [0.4, 0.5) is 18.0 Å². The van der Waals surface area contributed by atoms with Crippen LogP contribution in [0.15, 0.2) is 24.3 Å². The molecular formula is C16H21F3N2O4. The van der Waals surface area contributed by atoms with Gasteiger partial charge in [-0.25, -0.2) is 4.79 Å². The number of methoxy groups -OCH3 is 1. The predicted octanol–water partition coefficient (Wildman–Crippen LogP) is 2.90. The van der Waals surface area contributed by atoms with Crippen molar-refractivity contribution in [1.82, 2.24) is 10.2 Å². The number of alkyl halides is 3. The van der Waals surface area contributed by atoms with E-state index in [4.69, 9.17) is 9.84 Å². The van der Waals surface area contributed by atoms with E-state index >= 15 is 0 Å². The number of carbonyl (C=O) groups is 2. The van der Waals surface area contributed by atoms with Crippen molar-refractivity contribution in [3.05, 3.63) is 35.4 Å². The highest BCUT2D eigenvalue weighted by Crippen LogP contribution is 2.31. The van der Waals surface area contributed by atoms with Crippen LogP contribution in [0.1, 0.15) is 30.0 Å². The lowest BCUT2D eigenvalue weighted by Crippen LogP contribution is -2.40. The number of rotatable bonds is 8. The maximum atomic E-state index is 12.9. The molecule has 1 aromatic carbocycles. The average Bonchev–Trinajstić information content (AvgIpc) is 2.55. The van der Waals surface area contributed by atoms with Crippen molar-refractivity contribution in [3.63, 3.8) is 0 Å². The summed E-state index contributed by atoms with van der Waals surface area (Å²) >= 11 is 0. The summed E-state index contributed by atoms with van der Waals surface area (Å²) in [4.78, 5) is 23.9. The van der Waals surface area contributed by atoms with Crippen LogP contribution in [0.5, 0.6) is 0 Å². The second kappa shape index (κ2) is 9.26. The van der Waals surface area contributed by atoms with Gasteiger partial charge in [0.15, 0.2) is 0 Å². The van der Waals surface area contributed by atoms with E-state index in [1.165, 1.54) is 31.2 Å². The normalized spacial score (nSPS) is 12.5. The van der Waals surface area contributed by atoms with E-state index in [-0.39, 0.29) is 26.0 Å². The number of urea groups is 1. The summed E-state index contributed by atoms with van der Waals surface area (Å²) in [5, 5.41) is 11.3. The molecule has 0 heterocycles. The van der Waals surface area contributed by atoms with Gasteiger partial charge in [-0.3, -0.25) is 4.79 Å². The van der Waals surface area contributed by atoms with Crippen molar-refractivity contribution >= 4 is 12.0 Å². The number of hydrogen-bond donors (Lipinski definition) is 2. The van der Waals surface area contributed by atoms with Gasteiger partial charge in [-0.1, -0.05) is 12.1 Å². The lowest BCUT2D eigenvalue weighted by Gasteiger charge is -2.24. The number of nitrogens with one attached hydrogen (secondary N) is 1. The van der Waals surface area contributed by atoms with Crippen LogP contribution in [0.25, 0.3) is 0 Å². The van der Waals surface area contributed by atoms with E-state index in [9.17, 15) is 22.8 Å². The van der Waals surface area contributed by atoms with E-state index in [2.05, 4.69) is 5.32 Å². The Labute approximate surface area is 143 Å². The van der Waals surface area contributed by atoms with Gasteiger partial charge in [0, 0.05) is 27.3 Å². The van der Waals surface area contributed by atoms with Crippen molar-refractivity contribution in [1.29, 1.82) is 0 Å². The number of nitrogens with zero attached hydrogens (tertiary/aromatic N) is 1. The first-order chi connectivity index (χ1) is 11.6. The molecule has 140 valence electrons. The summed E-state index contributed by atoms with van der Waals surface area (Å²) in [6.07, 6.45) is -4.43. The molecule has 0 aromatic heterocycles. The zero-order valence-corrected chi connectivity index (χ0v) is 14.0. The molecule has 1 rings (SSSR count). The van der Waals surface area contributed by atoms with E-state index in [0.717, 1.165) is 12.1 Å². The van der Waals surface area contributed by atoms with Crippen LogP contribution in [-0.2, 0) is 15.7 Å². The van der Waals surface area contributed by atoms with Gasteiger partial charge < -0.3 is 20.1 Å². The quantitative estimate of drug-likeness (QED) is 0.745. The number of carboxylic acid groups (broad SMARTS) is 1. The minimum absolute atomic E-state index is 0.0131. The van der Waals surface area contributed by atoms with Gasteiger partial charge >= 0.3 is 18.2 Å². The minimum Gasteiger partial charge on any atom is -0.481 e. The van der Waals surface area contributed by atoms with Crippen molar-refractivity contribution in [3.8, 4) is 0 Å². The van der Waals surface area contributed by atoms with Crippen LogP contribution < -0.4 is 5.32 Å². The molecule has 6 nitrogen and oxygen atoms in total. The second-order valence-electron chi connectivity index (χ2n) is 5.47. The average molecular weight is 362 g/mol. The Morgan fingerprint density at radius 2 is 2.04 bits per heavy atom. The third kappa shape index (κ3) is 7.00. The Kier molecular flexibility index (Phi) is 7.69. The molecule has 2 amide bonds. The van der Waals surface area contributed by atoms with Crippen LogP contribution in [0.3, 0.4) is 0 Å². The highest BCUT2D eigenvalue weighted by atomic mass is 19.4. The predicted molar refractivity (Wildman–Crippen MR) is 84.1 cm³/mol. The number of halogens is 3. The van der Waals surface area contributed by atoms with Gasteiger partial charge in [-0.15, -0.1) is 0 Å². The van der Waals surface area contributed by atoms with Gasteiger partial charge in [-0.05, 0) is 24.1 Å². The van der Waals surface area contributed by atoms with Crippen molar-refractivity contribution < 1.29 is 32.6 Å². The molecule has 0 aliphatic rings. The summed E-state index contributed by atoms with van der Waals surface area (Å²) in [6.45, 7) is 0.223. The lowest BCUT2D eigenvalue weighted by molar-refractivity contribution is -0.138. The third-order valence-electron chi connectivity index (χ3n) is 3.53. The first kappa shape index (κ1) is 20.8. The molecule has 0 saturated heterocycles. The highest BCUT2D eigenvalue weighted by molar-refractivity contribution is 5.75. The van der Waals surface area contributed by atoms with E-state index < -0.39 is 29.8 Å². The van der Waals surface area contributed by atoms with Gasteiger partial charge in [0.1, 0.15) is 0 Å². The largest absolute Gasteiger partial charge is 0.481 e. The molecule has 0 aliphatic heterocycles. The minimum atomic E-state index is -4.48. The third-order valence-corrected chi connectivity index (χ3v) is 3.53. The fourth-order valence-electron chi connectivity index (χ4n) is 2.11. The molecule has 0 aliphatic carbocycles. The number of benzene rings is 1. The van der Waals surface area contributed by atoms with Crippen LogP contribution in [0, 0.1) is 0 Å². The molecule has 1 unspecified atom stereocenters. The topological polar surface area (TPSA) is 78.9 Å². The molecule has 0 saturated carbocycles. The van der Waals surface area contributed by atoms with Crippen LogP contribution in [0.2, 0.25) is 0 Å². The number of carbonyl (C=O) groups excluding carboxylic acids is 1. The number of hydrogen-bond acceptors (Lipinski definition) is 3. The van der Waals surface area contributed by atoms with Gasteiger partial charge in [0.25, 0.3) is 0 Å². The molecule has 0 radical (unpaired) electrons. The van der Waals surface area contributed by atoms with Gasteiger partial charge in [0.05, 0.1) is 18.0 Å². The van der Waals surface area contributed by atoms with E-state index in [1.54, 1.807) is 0 Å². The van der Waals surface area contributed by atoms with Crippen LogP contribution >= 0.6 is 0 Å². The first-order valence-corrected chi connectivity index (χ1v) is 7.54. The summed E-state index contributed by atoms with van der Waals surface area (Å²) in [7, 11) is 2.86. The molecule has 2 N–H and O–H groups in total. The zero-order valence-electron chi connectivity index (χ0n) is 14.0. The maximum Gasteiger partial charge on any atom is 0.416 e. The van der Waals surface area contributed by atoms with Crippen molar-refractivity contribution in [2.24, 2.45) is 0 Å². The molecular weight excluding hydrogens is 341 g/mol. The van der Waals surface area contributed by atoms with E-state index in [0.29, 0.717) is 5.56 Å². The Bertz CT molecular complexity index is 593. The molecule has 0 fully saturated rings. The maximum absolute atomic E-state index is 12.9. The summed E-state index contributed by atoms with van der Waals surface area (Å²) < 4.78 is 43.6. The van der Waals surface area contributed by atoms with Crippen molar-refractivity contribution in [2.75, 3.05) is 27.3 Å². The smallest absolute Gasteiger partial charge is 0.416 e. The zero-order chi connectivity index (χ0) is 19.0. The fraction of sp³-hybridized carbons (Fsp3) is 0.500. The summed E-state index contributed by atoms with van der Waals surface area (Å²) in [5.74, 6) is -1.05. The van der Waals surface area contributed by atoms with Gasteiger partial charge in [0.2, 0.25) is 0 Å². The lowest BCUT2D eigenvalue weighted by atomic mass is 10.0. The Balaban J connectivity index is 2.90. The number of aliphatic carboxylic acids is 1. The molecule has 0 spiro atoms. The SMILES string of the molecule is COCCC(NC(=O)N(C)CCC(=O)O)c1cccc(C(F)(F)F)c1. The number of carboxylic acids is 1. The number of ether oxygens (including phenoxy) is 1. The molecule has 9 heteroatoms. The number of amides is 2. The standard InChI is InChI=1S/C16H21F3N2O4/c1-21(8-6-14(22)23)15(24)20-13(7-9-25-2)11-4-3-5-12(10-11)16(17,18)19/h3-5,10,13H,6-9H2,1-2H3,(H,20,24)(H,22,23). The highest BCUT2D eigenvalue weighted by Gasteiger charge is 2.31. The molecule has 1 atom stereocenters. The fourth-order valence-corrected chi connectivity index (χ4v) is 2.11. The molecule has 0 bridgehead atoms. The molecule has 25 heavy (non-hydrogen) atoms. The first-order valence-electron chi connectivity index (χ1n) is 7.54. The Morgan fingerprint density at radius 1 is 1.36 bits per heavy atom.